The molecule has 4 heteroatoms. The maximum absolute atomic E-state index is 11.7. The van der Waals surface area contributed by atoms with Gasteiger partial charge in [-0.25, -0.2) is 0 Å². The predicted molar refractivity (Wildman–Crippen MR) is 93.7 cm³/mol. The third-order valence-electron chi connectivity index (χ3n) is 4.20. The van der Waals surface area contributed by atoms with Crippen molar-refractivity contribution in [1.29, 1.82) is 0 Å². The van der Waals surface area contributed by atoms with E-state index in [0.717, 1.165) is 35.0 Å². The van der Waals surface area contributed by atoms with Crippen molar-refractivity contribution in [3.63, 3.8) is 0 Å². The quantitative estimate of drug-likeness (QED) is 0.760. The van der Waals surface area contributed by atoms with Crippen molar-refractivity contribution in [2.75, 3.05) is 11.4 Å². The largest absolute Gasteiger partial charge is 0.486 e. The topological polar surface area (TPSA) is 29.5 Å². The molecular weight excluding hydrogens is 310 g/mol. The van der Waals surface area contributed by atoms with Crippen LogP contribution in [0.15, 0.2) is 42.5 Å². The normalized spacial score (nSPS) is 16.7. The van der Waals surface area contributed by atoms with Gasteiger partial charge < -0.3 is 9.64 Å². The van der Waals surface area contributed by atoms with Crippen molar-refractivity contribution in [1.82, 2.24) is 0 Å². The van der Waals surface area contributed by atoms with Crippen LogP contribution in [0.25, 0.3) is 0 Å². The summed E-state index contributed by atoms with van der Waals surface area (Å²) in [5.74, 6) is 0.892. The standard InChI is InChI=1S/C19H20ClNO2/c1-3-16-12-21(11-15-6-4-5-7-17(15)20)18-10-14(13(2)22)8-9-19(18)23-16/h4-10,16H,3,11-12H2,1-2H3. The molecular formula is C19H20ClNO2. The van der Waals surface area contributed by atoms with E-state index in [9.17, 15) is 4.79 Å². The first-order valence-corrected chi connectivity index (χ1v) is 8.26. The molecule has 120 valence electrons. The van der Waals surface area contributed by atoms with E-state index in [1.165, 1.54) is 0 Å². The fourth-order valence-electron chi connectivity index (χ4n) is 2.84. The summed E-state index contributed by atoms with van der Waals surface area (Å²) in [7, 11) is 0. The number of nitrogens with zero attached hydrogens (tertiary/aromatic N) is 1. The van der Waals surface area contributed by atoms with Gasteiger partial charge in [0.1, 0.15) is 11.9 Å². The fraction of sp³-hybridized carbons (Fsp3) is 0.316. The van der Waals surface area contributed by atoms with Crippen LogP contribution < -0.4 is 9.64 Å². The summed E-state index contributed by atoms with van der Waals surface area (Å²) in [6.45, 7) is 5.19. The molecule has 0 saturated heterocycles. The minimum Gasteiger partial charge on any atom is -0.486 e. The number of hydrogen-bond acceptors (Lipinski definition) is 3. The van der Waals surface area contributed by atoms with E-state index in [-0.39, 0.29) is 11.9 Å². The molecule has 0 aromatic heterocycles. The summed E-state index contributed by atoms with van der Waals surface area (Å²) in [5.41, 5.74) is 2.74. The van der Waals surface area contributed by atoms with E-state index in [2.05, 4.69) is 11.8 Å². The Morgan fingerprint density at radius 1 is 1.30 bits per heavy atom. The summed E-state index contributed by atoms with van der Waals surface area (Å²) >= 11 is 6.31. The number of carbonyl (C=O) groups excluding carboxylic acids is 1. The van der Waals surface area contributed by atoms with Crippen molar-refractivity contribution < 1.29 is 9.53 Å². The highest BCUT2D eigenvalue weighted by Gasteiger charge is 2.25. The molecule has 1 atom stereocenters. The number of anilines is 1. The molecule has 0 radical (unpaired) electrons. The average Bonchev–Trinajstić information content (AvgIpc) is 2.56. The molecule has 0 N–H and O–H groups in total. The first-order chi connectivity index (χ1) is 11.1. The molecule has 1 aliphatic rings. The van der Waals surface area contributed by atoms with Gasteiger partial charge in [-0.05, 0) is 43.2 Å². The molecule has 3 rings (SSSR count). The Bertz CT molecular complexity index is 729. The van der Waals surface area contributed by atoms with Gasteiger partial charge in [0, 0.05) is 17.1 Å². The highest BCUT2D eigenvalue weighted by molar-refractivity contribution is 6.31. The van der Waals surface area contributed by atoms with Crippen LogP contribution in [0.5, 0.6) is 5.75 Å². The second kappa shape index (κ2) is 6.63. The molecule has 0 bridgehead atoms. The lowest BCUT2D eigenvalue weighted by molar-refractivity contribution is 0.101. The van der Waals surface area contributed by atoms with E-state index in [1.54, 1.807) is 6.92 Å². The van der Waals surface area contributed by atoms with Crippen LogP contribution in [0.3, 0.4) is 0 Å². The molecule has 1 aliphatic heterocycles. The number of rotatable bonds is 4. The van der Waals surface area contributed by atoms with Crippen LogP contribution >= 0.6 is 11.6 Å². The molecule has 23 heavy (non-hydrogen) atoms. The van der Waals surface area contributed by atoms with Crippen molar-refractivity contribution in [3.8, 4) is 5.75 Å². The van der Waals surface area contributed by atoms with Gasteiger partial charge in [-0.3, -0.25) is 4.79 Å². The lowest BCUT2D eigenvalue weighted by atomic mass is 10.1. The van der Waals surface area contributed by atoms with Crippen LogP contribution in [0.1, 0.15) is 36.2 Å². The molecule has 0 fully saturated rings. The second-order valence-electron chi connectivity index (χ2n) is 5.86. The summed E-state index contributed by atoms with van der Waals surface area (Å²) < 4.78 is 6.03. The Morgan fingerprint density at radius 3 is 2.78 bits per heavy atom. The van der Waals surface area contributed by atoms with Gasteiger partial charge in [0.25, 0.3) is 0 Å². The number of carbonyl (C=O) groups is 1. The number of halogens is 1. The van der Waals surface area contributed by atoms with Gasteiger partial charge in [-0.1, -0.05) is 36.7 Å². The first kappa shape index (κ1) is 15.9. The molecule has 2 aromatic carbocycles. The Labute approximate surface area is 141 Å². The molecule has 3 nitrogen and oxygen atoms in total. The fourth-order valence-corrected chi connectivity index (χ4v) is 3.03. The van der Waals surface area contributed by atoms with Crippen molar-refractivity contribution in [3.05, 3.63) is 58.6 Å². The third-order valence-corrected chi connectivity index (χ3v) is 4.57. The van der Waals surface area contributed by atoms with Crippen molar-refractivity contribution >= 4 is 23.1 Å². The van der Waals surface area contributed by atoms with Gasteiger partial charge in [0.05, 0.1) is 12.2 Å². The van der Waals surface area contributed by atoms with Crippen LogP contribution in [0.2, 0.25) is 5.02 Å². The predicted octanol–water partition coefficient (Wildman–Crippen LogP) is 4.72. The van der Waals surface area contributed by atoms with Crippen LogP contribution in [-0.4, -0.2) is 18.4 Å². The third kappa shape index (κ3) is 3.35. The minimum absolute atomic E-state index is 0.0584. The molecule has 0 saturated carbocycles. The molecule has 0 aliphatic carbocycles. The number of ether oxygens (including phenoxy) is 1. The summed E-state index contributed by atoms with van der Waals surface area (Å²) in [6.07, 6.45) is 1.08. The van der Waals surface area contributed by atoms with Gasteiger partial charge in [0.15, 0.2) is 5.78 Å². The zero-order valence-corrected chi connectivity index (χ0v) is 14.1. The number of ketones is 1. The molecule has 1 heterocycles. The second-order valence-corrected chi connectivity index (χ2v) is 6.27. The van der Waals surface area contributed by atoms with Crippen molar-refractivity contribution in [2.45, 2.75) is 32.9 Å². The van der Waals surface area contributed by atoms with Crippen LogP contribution in [0.4, 0.5) is 5.69 Å². The number of Topliss-reactive ketones (excluding diaryl/α,β-unsaturated/α-hetero) is 1. The average molecular weight is 330 g/mol. The van der Waals surface area contributed by atoms with E-state index in [4.69, 9.17) is 16.3 Å². The van der Waals surface area contributed by atoms with E-state index < -0.39 is 0 Å². The van der Waals surface area contributed by atoms with Gasteiger partial charge in [0.2, 0.25) is 0 Å². The SMILES string of the molecule is CCC1CN(Cc2ccccc2Cl)c2cc(C(C)=O)ccc2O1. The van der Waals surface area contributed by atoms with Gasteiger partial charge in [-0.15, -0.1) is 0 Å². The lowest BCUT2D eigenvalue weighted by Gasteiger charge is -2.36. The van der Waals surface area contributed by atoms with E-state index in [0.29, 0.717) is 12.1 Å². The van der Waals surface area contributed by atoms with Gasteiger partial charge >= 0.3 is 0 Å². The summed E-state index contributed by atoms with van der Waals surface area (Å²) in [4.78, 5) is 13.9. The first-order valence-electron chi connectivity index (χ1n) is 7.88. The Hall–Kier alpha value is -2.00. The summed E-state index contributed by atoms with van der Waals surface area (Å²) in [6, 6.07) is 13.5. The van der Waals surface area contributed by atoms with Crippen molar-refractivity contribution in [2.24, 2.45) is 0 Å². The van der Waals surface area contributed by atoms with Crippen LogP contribution in [-0.2, 0) is 6.54 Å². The Morgan fingerprint density at radius 2 is 2.09 bits per heavy atom. The minimum atomic E-state index is 0.0584. The number of benzene rings is 2. The number of fused-ring (bicyclic) bond motifs is 1. The lowest BCUT2D eigenvalue weighted by Crippen LogP contribution is -2.39. The zero-order valence-electron chi connectivity index (χ0n) is 13.4. The molecule has 0 spiro atoms. The summed E-state index contributed by atoms with van der Waals surface area (Å²) in [5, 5.41) is 0.760. The maximum Gasteiger partial charge on any atom is 0.159 e. The molecule has 2 aromatic rings. The maximum atomic E-state index is 11.7. The smallest absolute Gasteiger partial charge is 0.159 e. The number of hydrogen-bond donors (Lipinski definition) is 0. The Balaban J connectivity index is 1.98. The van der Waals surface area contributed by atoms with Crippen LogP contribution in [0, 0.1) is 0 Å². The Kier molecular flexibility index (Phi) is 4.58. The molecule has 1 unspecified atom stereocenters. The van der Waals surface area contributed by atoms with Gasteiger partial charge in [-0.2, -0.15) is 0 Å². The zero-order chi connectivity index (χ0) is 16.4. The monoisotopic (exact) mass is 329 g/mol. The molecule has 0 amide bonds. The van der Waals surface area contributed by atoms with E-state index >= 15 is 0 Å². The highest BCUT2D eigenvalue weighted by atomic mass is 35.5. The van der Waals surface area contributed by atoms with E-state index in [1.807, 2.05) is 42.5 Å². The highest BCUT2D eigenvalue weighted by Crippen LogP contribution is 2.36.